The molecule has 18 nitrogen and oxygen atoms in total. The lowest BCUT2D eigenvalue weighted by Crippen LogP contribution is -2.59. The number of anilines is 1. The molecule has 6 N–H and O–H groups in total. The number of carbonyl (C=O) groups excluding carboxylic acids is 1. The molecule has 2 heterocycles. The lowest BCUT2D eigenvalue weighted by atomic mass is 9.96. The number of rotatable bonds is 27. The predicted octanol–water partition coefficient (Wildman–Crippen LogP) is 2.40. The SMILES string of the molecule is O=C(O)CC[C@H]1O[C@H](Oc2ccc(NC(=S)NCCCCc3cn(CCOCCOCCOCCOCCC(=O)Oc4c(F)c(F)c(F)c(F)c4F)nn3)cc2)[C@@H](O)[C@@H](O)[C@@H]1O. The first-order chi connectivity index (χ1) is 29.7. The molecule has 4 rings (SSSR count). The van der Waals surface area contributed by atoms with Gasteiger partial charge in [-0.2, -0.15) is 8.78 Å². The number of aryl methyl sites for hydroxylation is 1. The number of unbranched alkanes of at least 4 members (excludes halogenated alkanes) is 1. The summed E-state index contributed by atoms with van der Waals surface area (Å²) in [6.07, 6.45) is -3.62. The molecule has 0 amide bonds. The van der Waals surface area contributed by atoms with Gasteiger partial charge < -0.3 is 64.2 Å². The van der Waals surface area contributed by atoms with Gasteiger partial charge in [-0.3, -0.25) is 9.59 Å². The number of thiocarbonyl (C=S) groups is 1. The summed E-state index contributed by atoms with van der Waals surface area (Å²) in [5.74, 6) is -15.0. The van der Waals surface area contributed by atoms with E-state index in [9.17, 15) is 46.9 Å². The maximum Gasteiger partial charge on any atom is 0.313 e. The van der Waals surface area contributed by atoms with Crippen molar-refractivity contribution in [3.63, 3.8) is 0 Å². The predicted molar refractivity (Wildman–Crippen MR) is 208 cm³/mol. The molecule has 3 aromatic rings. The lowest BCUT2D eigenvalue weighted by molar-refractivity contribution is -0.273. The zero-order valence-electron chi connectivity index (χ0n) is 33.2. The molecule has 1 aliphatic rings. The van der Waals surface area contributed by atoms with Crippen LogP contribution in [0.5, 0.6) is 11.5 Å². The fourth-order valence-electron chi connectivity index (χ4n) is 5.55. The number of hydrogen-bond acceptors (Lipinski definition) is 15. The molecule has 1 aromatic heterocycles. The molecule has 1 aliphatic heterocycles. The summed E-state index contributed by atoms with van der Waals surface area (Å²) in [5, 5.41) is 54.5. The van der Waals surface area contributed by atoms with Crippen LogP contribution in [0.15, 0.2) is 30.5 Å². The van der Waals surface area contributed by atoms with E-state index in [0.29, 0.717) is 55.9 Å². The summed E-state index contributed by atoms with van der Waals surface area (Å²) in [6, 6.07) is 6.56. The standard InChI is InChI=1S/C38H48F5N5O13S/c39-28-29(40)31(42)36(32(43)30(28)41)61-27(51)10-13-55-15-17-57-19-20-58-18-16-56-14-12-48-21-23(46-47-48)3-1-2-11-44-38(62)45-22-4-6-24(7-5-22)59-37-35(54)34(53)33(52)25(60-37)8-9-26(49)50/h4-7,21,25,33-35,37,52-54H,1-3,8-20H2,(H,49,50)(H2,44,45,62)/t25-,33-,34+,35+,37+/m1/s1. The topological polar surface area (TPSA) is 234 Å². The van der Waals surface area contributed by atoms with Gasteiger partial charge >= 0.3 is 11.9 Å². The highest BCUT2D eigenvalue weighted by molar-refractivity contribution is 7.80. The van der Waals surface area contributed by atoms with Crippen LogP contribution in [0.3, 0.4) is 0 Å². The van der Waals surface area contributed by atoms with Crippen LogP contribution in [0, 0.1) is 29.1 Å². The van der Waals surface area contributed by atoms with E-state index in [1.807, 2.05) is 6.20 Å². The largest absolute Gasteiger partial charge is 0.481 e. The minimum absolute atomic E-state index is 0.0566. The highest BCUT2D eigenvalue weighted by Gasteiger charge is 2.45. The number of aromatic nitrogens is 3. The van der Waals surface area contributed by atoms with Gasteiger partial charge in [0.2, 0.25) is 41.1 Å². The van der Waals surface area contributed by atoms with Crippen molar-refractivity contribution in [3.8, 4) is 11.5 Å². The number of benzene rings is 2. The second kappa shape index (κ2) is 26.1. The van der Waals surface area contributed by atoms with Crippen molar-refractivity contribution in [2.24, 2.45) is 0 Å². The Hall–Kier alpha value is -4.66. The molecule has 5 atom stereocenters. The Bertz CT molecular complexity index is 1860. The van der Waals surface area contributed by atoms with Gasteiger partial charge in [0.1, 0.15) is 24.1 Å². The first-order valence-corrected chi connectivity index (χ1v) is 19.8. The summed E-state index contributed by atoms with van der Waals surface area (Å²) in [7, 11) is 0. The number of nitrogens with zero attached hydrogens (tertiary/aromatic N) is 3. The molecule has 344 valence electrons. The van der Waals surface area contributed by atoms with Crippen LogP contribution in [-0.4, -0.2) is 143 Å². The van der Waals surface area contributed by atoms with E-state index in [1.165, 1.54) is 0 Å². The fraction of sp³-hybridized carbons (Fsp3) is 0.553. The Balaban J connectivity index is 0.950. The summed E-state index contributed by atoms with van der Waals surface area (Å²) >= 11 is 5.38. The van der Waals surface area contributed by atoms with E-state index in [-0.39, 0.29) is 45.9 Å². The highest BCUT2D eigenvalue weighted by Crippen LogP contribution is 2.30. The molecule has 24 heteroatoms. The summed E-state index contributed by atoms with van der Waals surface area (Å²) in [6.45, 7) is 2.64. The molecule has 0 radical (unpaired) electrons. The number of aliphatic hydroxyl groups excluding tert-OH is 3. The number of carboxylic acids is 1. The van der Waals surface area contributed by atoms with Gasteiger partial charge in [0.15, 0.2) is 5.11 Å². The summed E-state index contributed by atoms with van der Waals surface area (Å²) < 4.78 is 105. The molecule has 0 spiro atoms. The second-order valence-corrected chi connectivity index (χ2v) is 13.9. The highest BCUT2D eigenvalue weighted by atomic mass is 32.1. The number of ether oxygens (including phenoxy) is 7. The lowest BCUT2D eigenvalue weighted by Gasteiger charge is -2.40. The number of esters is 1. The van der Waals surface area contributed by atoms with Gasteiger partial charge in [0.25, 0.3) is 0 Å². The van der Waals surface area contributed by atoms with Gasteiger partial charge in [-0.15, -0.1) is 5.10 Å². The van der Waals surface area contributed by atoms with Crippen molar-refractivity contribution in [3.05, 3.63) is 65.2 Å². The van der Waals surface area contributed by atoms with Crippen molar-refractivity contribution in [2.45, 2.75) is 75.8 Å². The first kappa shape index (κ1) is 50.0. The maximum atomic E-state index is 13.6. The maximum absolute atomic E-state index is 13.6. The summed E-state index contributed by atoms with van der Waals surface area (Å²) in [5.41, 5.74) is 1.49. The van der Waals surface area contributed by atoms with E-state index in [1.54, 1.807) is 28.9 Å². The first-order valence-electron chi connectivity index (χ1n) is 19.4. The average molecular weight is 910 g/mol. The van der Waals surface area contributed by atoms with Crippen molar-refractivity contribution >= 4 is 35.0 Å². The molecular weight excluding hydrogens is 861 g/mol. The third kappa shape index (κ3) is 16.2. The Kier molecular flexibility index (Phi) is 21.0. The number of carboxylic acid groups (broad SMARTS) is 1. The van der Waals surface area contributed by atoms with Gasteiger partial charge in [-0.1, -0.05) is 5.21 Å². The van der Waals surface area contributed by atoms with Crippen LogP contribution in [0.4, 0.5) is 27.6 Å². The third-order valence-electron chi connectivity index (χ3n) is 8.82. The monoisotopic (exact) mass is 909 g/mol. The van der Waals surface area contributed by atoms with E-state index in [4.69, 9.17) is 45.7 Å². The Labute approximate surface area is 357 Å². The number of halogens is 5. The van der Waals surface area contributed by atoms with Crippen LogP contribution < -0.4 is 20.1 Å². The van der Waals surface area contributed by atoms with Crippen LogP contribution in [-0.2, 0) is 46.2 Å². The van der Waals surface area contributed by atoms with E-state index in [2.05, 4.69) is 25.7 Å². The zero-order chi connectivity index (χ0) is 45.0. The number of nitrogens with one attached hydrogen (secondary N) is 2. The number of hydrogen-bond donors (Lipinski definition) is 6. The zero-order valence-corrected chi connectivity index (χ0v) is 34.0. The van der Waals surface area contributed by atoms with E-state index in [0.717, 1.165) is 18.5 Å². The number of aliphatic hydroxyl groups is 3. The van der Waals surface area contributed by atoms with Crippen molar-refractivity contribution < 1.29 is 85.1 Å². The van der Waals surface area contributed by atoms with Crippen LogP contribution in [0.1, 0.15) is 37.8 Å². The molecule has 0 bridgehead atoms. The van der Waals surface area contributed by atoms with Crippen LogP contribution in [0.2, 0.25) is 0 Å². The quantitative estimate of drug-likeness (QED) is 0.0123. The minimum Gasteiger partial charge on any atom is -0.481 e. The number of carbonyl (C=O) groups is 2. The molecule has 62 heavy (non-hydrogen) atoms. The molecule has 0 aliphatic carbocycles. The summed E-state index contributed by atoms with van der Waals surface area (Å²) in [4.78, 5) is 22.6. The third-order valence-corrected chi connectivity index (χ3v) is 9.07. The number of aliphatic carboxylic acids is 1. The van der Waals surface area contributed by atoms with Crippen LogP contribution in [0.25, 0.3) is 0 Å². The Morgan fingerprint density at radius 1 is 0.774 bits per heavy atom. The molecule has 1 fully saturated rings. The smallest absolute Gasteiger partial charge is 0.313 e. The Morgan fingerprint density at radius 2 is 1.37 bits per heavy atom. The van der Waals surface area contributed by atoms with Crippen LogP contribution >= 0.6 is 12.2 Å². The second-order valence-electron chi connectivity index (χ2n) is 13.5. The van der Waals surface area contributed by atoms with Gasteiger partial charge in [-0.05, 0) is 62.2 Å². The van der Waals surface area contributed by atoms with Crippen molar-refractivity contribution in [2.75, 3.05) is 64.7 Å². The van der Waals surface area contributed by atoms with E-state index >= 15 is 0 Å². The minimum atomic E-state index is -2.36. The molecule has 0 saturated carbocycles. The molecular formula is C38H48F5N5O13S. The normalized spacial score (nSPS) is 18.7. The van der Waals surface area contributed by atoms with Crippen molar-refractivity contribution in [1.29, 1.82) is 0 Å². The van der Waals surface area contributed by atoms with Gasteiger partial charge in [0.05, 0.1) is 77.6 Å². The average Bonchev–Trinajstić information content (AvgIpc) is 3.71. The van der Waals surface area contributed by atoms with E-state index < -0.39 is 83.9 Å². The molecule has 1 saturated heterocycles. The molecule has 0 unspecified atom stereocenters. The molecule has 2 aromatic carbocycles. The van der Waals surface area contributed by atoms with Gasteiger partial charge in [-0.25, -0.2) is 17.9 Å². The van der Waals surface area contributed by atoms with Gasteiger partial charge in [0, 0.05) is 24.8 Å². The van der Waals surface area contributed by atoms with Crippen molar-refractivity contribution in [1.82, 2.24) is 20.3 Å². The Morgan fingerprint density at radius 3 is 2.00 bits per heavy atom. The fourth-order valence-corrected chi connectivity index (χ4v) is 5.77.